The van der Waals surface area contributed by atoms with Crippen LogP contribution in [0.25, 0.3) is 0 Å². The van der Waals surface area contributed by atoms with Gasteiger partial charge >= 0.3 is 0 Å². The first kappa shape index (κ1) is 11.4. The molecule has 1 heterocycles. The summed E-state index contributed by atoms with van der Waals surface area (Å²) < 4.78 is 0. The smallest absolute Gasteiger partial charge is 0.126 e. The van der Waals surface area contributed by atoms with E-state index in [-0.39, 0.29) is 5.54 Å². The van der Waals surface area contributed by atoms with Crippen LogP contribution < -0.4 is 11.1 Å². The summed E-state index contributed by atoms with van der Waals surface area (Å²) in [4.78, 5) is 4.33. The normalized spacial score (nSPS) is 30.0. The fraction of sp³-hybridized carbons (Fsp3) is 0.615. The first-order chi connectivity index (χ1) is 7.77. The van der Waals surface area contributed by atoms with Crippen LogP contribution in [-0.4, -0.2) is 17.1 Å². The molecule has 0 bridgehead atoms. The Labute approximate surface area is 97.5 Å². The number of rotatable bonds is 3. The van der Waals surface area contributed by atoms with Gasteiger partial charge in [-0.3, -0.25) is 0 Å². The molecule has 0 saturated heterocycles. The molecule has 0 aromatic carbocycles. The molecule has 3 heteroatoms. The van der Waals surface area contributed by atoms with E-state index in [1.165, 1.54) is 19.3 Å². The lowest BCUT2D eigenvalue weighted by Gasteiger charge is -2.43. The summed E-state index contributed by atoms with van der Waals surface area (Å²) in [6, 6.07) is 5.95. The summed E-state index contributed by atoms with van der Waals surface area (Å²) >= 11 is 0. The van der Waals surface area contributed by atoms with Gasteiger partial charge in [-0.1, -0.05) is 25.8 Å². The maximum atomic E-state index is 5.99. The second kappa shape index (κ2) is 4.83. The SMILES string of the molecule is CC1CCCCC1(CN)Nc1ccccn1. The van der Waals surface area contributed by atoms with Crippen LogP contribution in [0.15, 0.2) is 24.4 Å². The van der Waals surface area contributed by atoms with Crippen molar-refractivity contribution >= 4 is 5.82 Å². The molecule has 3 N–H and O–H groups in total. The Bertz CT molecular complexity index is 325. The summed E-state index contributed by atoms with van der Waals surface area (Å²) in [6.07, 6.45) is 6.83. The van der Waals surface area contributed by atoms with E-state index in [2.05, 4.69) is 17.2 Å². The highest BCUT2D eigenvalue weighted by molar-refractivity contribution is 5.38. The molecule has 3 nitrogen and oxygen atoms in total. The molecule has 1 aromatic heterocycles. The molecule has 1 aliphatic rings. The minimum Gasteiger partial charge on any atom is -0.363 e. The van der Waals surface area contributed by atoms with Gasteiger partial charge in [0.25, 0.3) is 0 Å². The molecule has 0 spiro atoms. The zero-order valence-corrected chi connectivity index (χ0v) is 9.95. The predicted octanol–water partition coefficient (Wildman–Crippen LogP) is 2.40. The zero-order valence-electron chi connectivity index (χ0n) is 9.95. The Morgan fingerprint density at radius 3 is 3.00 bits per heavy atom. The van der Waals surface area contributed by atoms with Crippen molar-refractivity contribution in [2.45, 2.75) is 38.1 Å². The number of nitrogens with one attached hydrogen (secondary N) is 1. The topological polar surface area (TPSA) is 50.9 Å². The van der Waals surface area contributed by atoms with Gasteiger partial charge in [0.05, 0.1) is 5.54 Å². The first-order valence-electron chi connectivity index (χ1n) is 6.16. The summed E-state index contributed by atoms with van der Waals surface area (Å²) in [5.74, 6) is 1.56. The maximum absolute atomic E-state index is 5.99. The molecule has 2 unspecified atom stereocenters. The van der Waals surface area contributed by atoms with Gasteiger partial charge in [0.1, 0.15) is 5.82 Å². The number of nitrogens with zero attached hydrogens (tertiary/aromatic N) is 1. The average molecular weight is 219 g/mol. The van der Waals surface area contributed by atoms with E-state index in [4.69, 9.17) is 5.73 Å². The number of hydrogen-bond acceptors (Lipinski definition) is 3. The summed E-state index contributed by atoms with van der Waals surface area (Å²) in [6.45, 7) is 2.98. The van der Waals surface area contributed by atoms with Crippen LogP contribution in [0.4, 0.5) is 5.82 Å². The molecule has 1 aromatic rings. The van der Waals surface area contributed by atoms with E-state index in [9.17, 15) is 0 Å². The maximum Gasteiger partial charge on any atom is 0.126 e. The molecular formula is C13H21N3. The Morgan fingerprint density at radius 1 is 1.50 bits per heavy atom. The minimum atomic E-state index is 0.0482. The average Bonchev–Trinajstić information content (AvgIpc) is 2.34. The molecule has 0 aliphatic heterocycles. The monoisotopic (exact) mass is 219 g/mol. The Balaban J connectivity index is 2.15. The minimum absolute atomic E-state index is 0.0482. The highest BCUT2D eigenvalue weighted by atomic mass is 15.1. The highest BCUT2D eigenvalue weighted by Gasteiger charge is 2.36. The van der Waals surface area contributed by atoms with Gasteiger partial charge in [-0.2, -0.15) is 0 Å². The second-order valence-corrected chi connectivity index (χ2v) is 4.85. The number of aromatic nitrogens is 1. The fourth-order valence-electron chi connectivity index (χ4n) is 2.65. The Morgan fingerprint density at radius 2 is 2.38 bits per heavy atom. The lowest BCUT2D eigenvalue weighted by atomic mass is 9.73. The van der Waals surface area contributed by atoms with Gasteiger partial charge in [0.15, 0.2) is 0 Å². The summed E-state index contributed by atoms with van der Waals surface area (Å²) in [5.41, 5.74) is 6.03. The predicted molar refractivity (Wildman–Crippen MR) is 67.3 cm³/mol. The van der Waals surface area contributed by atoms with Crippen LogP contribution in [0.2, 0.25) is 0 Å². The van der Waals surface area contributed by atoms with Gasteiger partial charge in [0.2, 0.25) is 0 Å². The Kier molecular flexibility index (Phi) is 3.44. The van der Waals surface area contributed by atoms with Crippen LogP contribution in [0.3, 0.4) is 0 Å². The first-order valence-corrected chi connectivity index (χ1v) is 6.16. The lowest BCUT2D eigenvalue weighted by Crippen LogP contribution is -2.52. The largest absolute Gasteiger partial charge is 0.363 e. The number of hydrogen-bond donors (Lipinski definition) is 2. The molecule has 16 heavy (non-hydrogen) atoms. The van der Waals surface area contributed by atoms with E-state index >= 15 is 0 Å². The number of pyridine rings is 1. The summed E-state index contributed by atoms with van der Waals surface area (Å²) in [5, 5.41) is 3.56. The Hall–Kier alpha value is -1.09. The van der Waals surface area contributed by atoms with Crippen molar-refractivity contribution in [1.29, 1.82) is 0 Å². The van der Waals surface area contributed by atoms with E-state index in [1.54, 1.807) is 0 Å². The van der Waals surface area contributed by atoms with Gasteiger partial charge in [-0.15, -0.1) is 0 Å². The van der Waals surface area contributed by atoms with Crippen molar-refractivity contribution in [1.82, 2.24) is 4.98 Å². The number of anilines is 1. The summed E-state index contributed by atoms with van der Waals surface area (Å²) in [7, 11) is 0. The third-order valence-electron chi connectivity index (χ3n) is 3.86. The molecule has 0 amide bonds. The van der Waals surface area contributed by atoms with Gasteiger partial charge in [-0.05, 0) is 30.9 Å². The van der Waals surface area contributed by atoms with Crippen molar-refractivity contribution in [3.63, 3.8) is 0 Å². The van der Waals surface area contributed by atoms with E-state index in [0.717, 1.165) is 12.2 Å². The third kappa shape index (κ3) is 2.19. The molecule has 0 radical (unpaired) electrons. The quantitative estimate of drug-likeness (QED) is 0.820. The van der Waals surface area contributed by atoms with E-state index in [1.807, 2.05) is 24.4 Å². The van der Waals surface area contributed by atoms with Crippen molar-refractivity contribution in [3.05, 3.63) is 24.4 Å². The highest BCUT2D eigenvalue weighted by Crippen LogP contribution is 2.35. The number of nitrogens with two attached hydrogens (primary N) is 1. The fourth-order valence-corrected chi connectivity index (χ4v) is 2.65. The van der Waals surface area contributed by atoms with Gasteiger partial charge in [0, 0.05) is 12.7 Å². The van der Waals surface area contributed by atoms with Crippen molar-refractivity contribution in [2.75, 3.05) is 11.9 Å². The van der Waals surface area contributed by atoms with E-state index < -0.39 is 0 Å². The molecule has 1 fully saturated rings. The van der Waals surface area contributed by atoms with E-state index in [0.29, 0.717) is 12.5 Å². The van der Waals surface area contributed by atoms with Crippen LogP contribution in [0.5, 0.6) is 0 Å². The van der Waals surface area contributed by atoms with Crippen molar-refractivity contribution in [3.8, 4) is 0 Å². The van der Waals surface area contributed by atoms with Gasteiger partial charge in [-0.25, -0.2) is 4.98 Å². The zero-order chi connectivity index (χ0) is 11.4. The van der Waals surface area contributed by atoms with Crippen LogP contribution in [-0.2, 0) is 0 Å². The van der Waals surface area contributed by atoms with Crippen molar-refractivity contribution in [2.24, 2.45) is 11.7 Å². The van der Waals surface area contributed by atoms with Crippen LogP contribution in [0, 0.1) is 5.92 Å². The standard InChI is InChI=1S/C13H21N3/c1-11-6-2-4-8-13(11,10-14)16-12-7-3-5-9-15-12/h3,5,7,9,11H,2,4,6,8,10,14H2,1H3,(H,15,16). The van der Waals surface area contributed by atoms with Gasteiger partial charge < -0.3 is 11.1 Å². The van der Waals surface area contributed by atoms with Crippen LogP contribution >= 0.6 is 0 Å². The molecule has 1 aliphatic carbocycles. The third-order valence-corrected chi connectivity index (χ3v) is 3.86. The molecule has 2 rings (SSSR count). The molecule has 88 valence electrons. The molecule has 1 saturated carbocycles. The lowest BCUT2D eigenvalue weighted by molar-refractivity contribution is 0.235. The van der Waals surface area contributed by atoms with Crippen LogP contribution in [0.1, 0.15) is 32.6 Å². The van der Waals surface area contributed by atoms with Crippen molar-refractivity contribution < 1.29 is 0 Å². The molecule has 2 atom stereocenters. The molecular weight excluding hydrogens is 198 g/mol. The second-order valence-electron chi connectivity index (χ2n) is 4.85.